The van der Waals surface area contributed by atoms with Crippen LogP contribution in [-0.4, -0.2) is 31.4 Å². The van der Waals surface area contributed by atoms with Gasteiger partial charge in [-0.05, 0) is 31.5 Å². The van der Waals surface area contributed by atoms with E-state index in [1.807, 2.05) is 0 Å². The van der Waals surface area contributed by atoms with Gasteiger partial charge in [-0.3, -0.25) is 4.79 Å². The molecule has 6 heteroatoms. The van der Waals surface area contributed by atoms with Gasteiger partial charge in [-0.15, -0.1) is 0 Å². The number of benzene rings is 1. The third-order valence-corrected chi connectivity index (χ3v) is 4.91. The highest BCUT2D eigenvalue weighted by Crippen LogP contribution is 2.23. The van der Waals surface area contributed by atoms with Crippen LogP contribution < -0.4 is 5.32 Å². The van der Waals surface area contributed by atoms with E-state index in [2.05, 4.69) is 5.32 Å². The van der Waals surface area contributed by atoms with Gasteiger partial charge < -0.3 is 5.32 Å². The van der Waals surface area contributed by atoms with Gasteiger partial charge in [0.05, 0.1) is 17.0 Å². The molecule has 1 saturated heterocycles. The van der Waals surface area contributed by atoms with Crippen LogP contribution in [0.5, 0.6) is 0 Å². The second-order valence-electron chi connectivity index (χ2n) is 4.87. The smallest absolute Gasteiger partial charge is 0.251 e. The summed E-state index contributed by atoms with van der Waals surface area (Å²) >= 11 is 0. The lowest BCUT2D eigenvalue weighted by Crippen LogP contribution is -2.46. The number of nitrogens with one attached hydrogen (secondary N) is 1. The molecule has 1 heterocycles. The Kier molecular flexibility index (Phi) is 3.14. The van der Waals surface area contributed by atoms with E-state index in [1.165, 1.54) is 18.2 Å². The van der Waals surface area contributed by atoms with Crippen LogP contribution in [0, 0.1) is 5.82 Å². The van der Waals surface area contributed by atoms with Crippen molar-refractivity contribution in [2.45, 2.75) is 18.9 Å². The molecule has 1 aromatic rings. The molecule has 1 aromatic carbocycles. The molecule has 0 spiro atoms. The molecule has 1 amide bonds. The zero-order chi connectivity index (χ0) is 13.4. The van der Waals surface area contributed by atoms with Crippen LogP contribution in [0.4, 0.5) is 4.39 Å². The van der Waals surface area contributed by atoms with Crippen LogP contribution in [0.1, 0.15) is 23.7 Å². The Morgan fingerprint density at radius 1 is 1.44 bits per heavy atom. The molecule has 98 valence electrons. The van der Waals surface area contributed by atoms with Crippen molar-refractivity contribution in [1.29, 1.82) is 0 Å². The first-order valence-electron chi connectivity index (χ1n) is 5.58. The fourth-order valence-corrected chi connectivity index (χ4v) is 4.18. The lowest BCUT2D eigenvalue weighted by atomic mass is 10.0. The quantitative estimate of drug-likeness (QED) is 0.877. The Morgan fingerprint density at radius 3 is 2.72 bits per heavy atom. The topological polar surface area (TPSA) is 63.2 Å². The number of hydrogen-bond donors (Lipinski definition) is 1. The molecule has 0 aliphatic carbocycles. The Morgan fingerprint density at radius 2 is 2.17 bits per heavy atom. The average molecular weight is 271 g/mol. The van der Waals surface area contributed by atoms with Crippen molar-refractivity contribution < 1.29 is 17.6 Å². The van der Waals surface area contributed by atoms with E-state index in [-0.39, 0.29) is 17.1 Å². The average Bonchev–Trinajstić information content (AvgIpc) is 2.52. The van der Waals surface area contributed by atoms with Crippen molar-refractivity contribution in [3.05, 3.63) is 35.6 Å². The minimum atomic E-state index is -3.08. The third-order valence-electron chi connectivity index (χ3n) is 3.01. The minimum absolute atomic E-state index is 0.0684. The number of sulfone groups is 1. The molecular weight excluding hydrogens is 257 g/mol. The van der Waals surface area contributed by atoms with Crippen LogP contribution in [0.15, 0.2) is 24.3 Å². The molecule has 1 aliphatic heterocycles. The molecule has 18 heavy (non-hydrogen) atoms. The molecule has 1 atom stereocenters. The number of halogens is 1. The van der Waals surface area contributed by atoms with Gasteiger partial charge in [0.25, 0.3) is 5.91 Å². The first kappa shape index (κ1) is 13.0. The number of carbonyl (C=O) groups excluding carboxylic acids is 1. The fourth-order valence-electron chi connectivity index (χ4n) is 2.09. The Hall–Kier alpha value is -1.43. The highest BCUT2D eigenvalue weighted by atomic mass is 32.2. The van der Waals surface area contributed by atoms with Gasteiger partial charge >= 0.3 is 0 Å². The van der Waals surface area contributed by atoms with Gasteiger partial charge in [0.15, 0.2) is 9.84 Å². The predicted molar refractivity (Wildman–Crippen MR) is 65.5 cm³/mol. The molecule has 0 aromatic heterocycles. The Bertz CT molecular complexity index is 585. The Balaban J connectivity index is 2.13. The molecule has 1 unspecified atom stereocenters. The fraction of sp³-hybridized carbons (Fsp3) is 0.417. The van der Waals surface area contributed by atoms with E-state index in [4.69, 9.17) is 0 Å². The zero-order valence-corrected chi connectivity index (χ0v) is 10.8. The Labute approximate surface area is 105 Å². The van der Waals surface area contributed by atoms with Crippen molar-refractivity contribution >= 4 is 15.7 Å². The standard InChI is InChI=1S/C12H14FNO3S/c1-12(5-6-18(16,17)8-12)14-11(15)9-3-2-4-10(13)7-9/h2-4,7H,5-6,8H2,1H3,(H,14,15). The number of rotatable bonds is 2. The van der Waals surface area contributed by atoms with Crippen molar-refractivity contribution in [3.63, 3.8) is 0 Å². The van der Waals surface area contributed by atoms with E-state index in [0.717, 1.165) is 6.07 Å². The van der Waals surface area contributed by atoms with Gasteiger partial charge in [0.1, 0.15) is 5.82 Å². The summed E-state index contributed by atoms with van der Waals surface area (Å²) in [5.74, 6) is -0.936. The lowest BCUT2D eigenvalue weighted by Gasteiger charge is -2.23. The molecule has 0 bridgehead atoms. The van der Waals surface area contributed by atoms with Gasteiger partial charge in [0.2, 0.25) is 0 Å². The van der Waals surface area contributed by atoms with Crippen LogP contribution >= 0.6 is 0 Å². The molecule has 4 nitrogen and oxygen atoms in total. The van der Waals surface area contributed by atoms with Gasteiger partial charge in [-0.2, -0.15) is 0 Å². The van der Waals surface area contributed by atoms with E-state index in [9.17, 15) is 17.6 Å². The van der Waals surface area contributed by atoms with Crippen molar-refractivity contribution in [2.75, 3.05) is 11.5 Å². The number of carbonyl (C=O) groups is 1. The molecule has 2 rings (SSSR count). The third kappa shape index (κ3) is 2.87. The molecule has 0 saturated carbocycles. The molecule has 1 N–H and O–H groups in total. The van der Waals surface area contributed by atoms with Crippen molar-refractivity contribution in [2.24, 2.45) is 0 Å². The summed E-state index contributed by atoms with van der Waals surface area (Å²) in [5, 5.41) is 2.67. The van der Waals surface area contributed by atoms with Gasteiger partial charge in [-0.25, -0.2) is 12.8 Å². The second kappa shape index (κ2) is 4.35. The minimum Gasteiger partial charge on any atom is -0.346 e. The molecular formula is C12H14FNO3S. The summed E-state index contributed by atoms with van der Waals surface area (Å²) in [5.41, 5.74) is -0.567. The summed E-state index contributed by atoms with van der Waals surface area (Å²) < 4.78 is 35.8. The van der Waals surface area contributed by atoms with Gasteiger partial charge in [0, 0.05) is 5.56 Å². The maximum Gasteiger partial charge on any atom is 0.251 e. The SMILES string of the molecule is CC1(NC(=O)c2cccc(F)c2)CCS(=O)(=O)C1. The highest BCUT2D eigenvalue weighted by molar-refractivity contribution is 7.91. The van der Waals surface area contributed by atoms with Crippen LogP contribution in [0.3, 0.4) is 0 Å². The van der Waals surface area contributed by atoms with Crippen LogP contribution in [0.2, 0.25) is 0 Å². The predicted octanol–water partition coefficient (Wildman–Crippen LogP) is 1.13. The van der Waals surface area contributed by atoms with Crippen molar-refractivity contribution in [3.8, 4) is 0 Å². The van der Waals surface area contributed by atoms with Crippen LogP contribution in [0.25, 0.3) is 0 Å². The second-order valence-corrected chi connectivity index (χ2v) is 7.05. The van der Waals surface area contributed by atoms with Gasteiger partial charge in [-0.1, -0.05) is 6.07 Å². The lowest BCUT2D eigenvalue weighted by molar-refractivity contribution is 0.0915. The first-order chi connectivity index (χ1) is 8.30. The normalized spacial score (nSPS) is 25.9. The first-order valence-corrected chi connectivity index (χ1v) is 7.40. The van der Waals surface area contributed by atoms with Crippen LogP contribution in [-0.2, 0) is 9.84 Å². The highest BCUT2D eigenvalue weighted by Gasteiger charge is 2.39. The van der Waals surface area contributed by atoms with E-state index >= 15 is 0 Å². The summed E-state index contributed by atoms with van der Waals surface area (Å²) in [7, 11) is -3.08. The van der Waals surface area contributed by atoms with E-state index in [1.54, 1.807) is 6.92 Å². The maximum atomic E-state index is 13.0. The summed E-state index contributed by atoms with van der Waals surface area (Å²) in [6.07, 6.45) is 0.385. The summed E-state index contributed by atoms with van der Waals surface area (Å²) in [6, 6.07) is 5.31. The van der Waals surface area contributed by atoms with Crippen molar-refractivity contribution in [1.82, 2.24) is 5.32 Å². The van der Waals surface area contributed by atoms with E-state index in [0.29, 0.717) is 6.42 Å². The molecule has 0 radical (unpaired) electrons. The monoisotopic (exact) mass is 271 g/mol. The van der Waals surface area contributed by atoms with E-state index < -0.39 is 27.1 Å². The summed E-state index contributed by atoms with van der Waals surface area (Å²) in [4.78, 5) is 11.9. The number of amides is 1. The molecule has 1 fully saturated rings. The summed E-state index contributed by atoms with van der Waals surface area (Å²) in [6.45, 7) is 1.69. The molecule has 1 aliphatic rings. The largest absolute Gasteiger partial charge is 0.346 e. The number of hydrogen-bond acceptors (Lipinski definition) is 3. The zero-order valence-electron chi connectivity index (χ0n) is 9.94. The maximum absolute atomic E-state index is 13.0.